The molecule has 3 rings (SSSR count). The minimum atomic E-state index is 0.718. The van der Waals surface area contributed by atoms with Gasteiger partial charge in [0.15, 0.2) is 0 Å². The van der Waals surface area contributed by atoms with E-state index in [1.807, 2.05) is 0 Å². The average molecular weight is 139 g/mol. The van der Waals surface area contributed by atoms with Crippen molar-refractivity contribution in [1.82, 2.24) is 4.90 Å². The number of hydrazone groups is 1. The van der Waals surface area contributed by atoms with Crippen molar-refractivity contribution in [2.24, 2.45) is 16.9 Å². The van der Waals surface area contributed by atoms with Crippen LogP contribution in [0, 0.1) is 5.92 Å². The van der Waals surface area contributed by atoms with Gasteiger partial charge in [0.25, 0.3) is 0 Å². The number of nitrogens with two attached hydrogens (primary N) is 1. The third-order valence-corrected chi connectivity index (χ3v) is 2.61. The van der Waals surface area contributed by atoms with Gasteiger partial charge >= 0.3 is 0 Å². The summed E-state index contributed by atoms with van der Waals surface area (Å²) in [5.41, 5.74) is 1.22. The van der Waals surface area contributed by atoms with Gasteiger partial charge in [0.2, 0.25) is 0 Å². The molecule has 3 aliphatic rings. The summed E-state index contributed by atoms with van der Waals surface area (Å²) in [5.74, 6) is 5.97. The standard InChI is InChI=1S/C7H13N3/c8-9-7-5-10-3-1-6(7)2-4-10/h6H,1-5,8H2/b9-7+. The Bertz CT molecular complexity index is 156. The molecule has 0 aromatic rings. The van der Waals surface area contributed by atoms with Crippen molar-refractivity contribution in [3.63, 3.8) is 0 Å². The zero-order valence-corrected chi connectivity index (χ0v) is 6.08. The topological polar surface area (TPSA) is 41.6 Å². The fourth-order valence-corrected chi connectivity index (χ4v) is 1.93. The molecule has 0 spiro atoms. The lowest BCUT2D eigenvalue weighted by Crippen LogP contribution is -2.48. The van der Waals surface area contributed by atoms with Crippen LogP contribution < -0.4 is 5.84 Å². The molecule has 0 atom stereocenters. The highest BCUT2D eigenvalue weighted by Crippen LogP contribution is 2.24. The van der Waals surface area contributed by atoms with Crippen LogP contribution in [0.4, 0.5) is 0 Å². The number of piperidine rings is 3. The SMILES string of the molecule is N/N=C1\CN2CCC1CC2. The van der Waals surface area contributed by atoms with Crippen LogP contribution in [-0.2, 0) is 0 Å². The summed E-state index contributed by atoms with van der Waals surface area (Å²) < 4.78 is 0. The summed E-state index contributed by atoms with van der Waals surface area (Å²) in [6, 6.07) is 0. The van der Waals surface area contributed by atoms with Gasteiger partial charge in [-0.1, -0.05) is 0 Å². The van der Waals surface area contributed by atoms with Crippen LogP contribution in [0.5, 0.6) is 0 Å². The molecule has 0 unspecified atom stereocenters. The molecule has 0 aliphatic carbocycles. The first-order valence-corrected chi connectivity index (χ1v) is 3.89. The van der Waals surface area contributed by atoms with Crippen LogP contribution in [-0.4, -0.2) is 30.2 Å². The van der Waals surface area contributed by atoms with E-state index < -0.39 is 0 Å². The van der Waals surface area contributed by atoms with Crippen molar-refractivity contribution >= 4 is 5.71 Å². The quantitative estimate of drug-likeness (QED) is 0.380. The van der Waals surface area contributed by atoms with Crippen molar-refractivity contribution in [3.05, 3.63) is 0 Å². The lowest BCUT2D eigenvalue weighted by Gasteiger charge is -2.39. The van der Waals surface area contributed by atoms with E-state index in [4.69, 9.17) is 5.84 Å². The van der Waals surface area contributed by atoms with Crippen LogP contribution in [0.3, 0.4) is 0 Å². The Kier molecular flexibility index (Phi) is 1.38. The van der Waals surface area contributed by atoms with Crippen molar-refractivity contribution in [2.45, 2.75) is 12.8 Å². The first kappa shape index (κ1) is 6.16. The molecule has 3 aliphatic heterocycles. The normalized spacial score (nSPS) is 42.6. The number of hydrogen-bond acceptors (Lipinski definition) is 3. The number of rotatable bonds is 0. The Hall–Kier alpha value is -0.570. The molecule has 0 saturated carbocycles. The molecule has 56 valence electrons. The van der Waals surface area contributed by atoms with E-state index >= 15 is 0 Å². The van der Waals surface area contributed by atoms with Gasteiger partial charge in [-0.15, -0.1) is 0 Å². The summed E-state index contributed by atoms with van der Waals surface area (Å²) in [6.45, 7) is 3.54. The molecule has 0 amide bonds. The van der Waals surface area contributed by atoms with Gasteiger partial charge in [-0.05, 0) is 25.9 Å². The molecule has 0 aromatic carbocycles. The molecular weight excluding hydrogens is 126 g/mol. The largest absolute Gasteiger partial charge is 0.323 e. The maximum atomic E-state index is 5.25. The molecule has 0 radical (unpaired) electrons. The van der Waals surface area contributed by atoms with Gasteiger partial charge in [0.1, 0.15) is 0 Å². The Balaban J connectivity index is 2.15. The minimum absolute atomic E-state index is 0.718. The van der Waals surface area contributed by atoms with Crippen molar-refractivity contribution < 1.29 is 0 Å². The first-order chi connectivity index (χ1) is 4.90. The monoisotopic (exact) mass is 139 g/mol. The Morgan fingerprint density at radius 1 is 1.40 bits per heavy atom. The van der Waals surface area contributed by atoms with Crippen molar-refractivity contribution in [3.8, 4) is 0 Å². The highest BCUT2D eigenvalue weighted by molar-refractivity contribution is 5.89. The number of fused-ring (bicyclic) bond motifs is 3. The molecule has 2 bridgehead atoms. The second-order valence-corrected chi connectivity index (χ2v) is 3.17. The fraction of sp³-hybridized carbons (Fsp3) is 0.857. The zero-order chi connectivity index (χ0) is 6.97. The van der Waals surface area contributed by atoms with E-state index in [0.29, 0.717) is 0 Å². The smallest absolute Gasteiger partial charge is 0.0547 e. The highest BCUT2D eigenvalue weighted by Gasteiger charge is 2.30. The molecular formula is C7H13N3. The molecule has 3 fully saturated rings. The molecule has 0 aromatic heterocycles. The van der Waals surface area contributed by atoms with Gasteiger partial charge in [-0.2, -0.15) is 5.10 Å². The second kappa shape index (κ2) is 2.23. The summed E-state index contributed by atoms with van der Waals surface area (Å²) in [7, 11) is 0. The summed E-state index contributed by atoms with van der Waals surface area (Å²) in [6.07, 6.45) is 2.55. The Morgan fingerprint density at radius 2 is 2.10 bits per heavy atom. The minimum Gasteiger partial charge on any atom is -0.323 e. The second-order valence-electron chi connectivity index (χ2n) is 3.17. The number of hydrogen-bond donors (Lipinski definition) is 1. The van der Waals surface area contributed by atoms with E-state index in [0.717, 1.165) is 12.5 Å². The summed E-state index contributed by atoms with van der Waals surface area (Å²) in [5, 5.41) is 3.81. The van der Waals surface area contributed by atoms with E-state index in [1.165, 1.54) is 31.6 Å². The molecule has 3 heterocycles. The predicted octanol–water partition coefficient (Wildman–Crippen LogP) is 0.0267. The summed E-state index contributed by atoms with van der Waals surface area (Å²) >= 11 is 0. The van der Waals surface area contributed by atoms with Crippen LogP contribution in [0.2, 0.25) is 0 Å². The van der Waals surface area contributed by atoms with Crippen LogP contribution in [0.25, 0.3) is 0 Å². The maximum Gasteiger partial charge on any atom is 0.0547 e. The average Bonchev–Trinajstić information content (AvgIpc) is 2.06. The van der Waals surface area contributed by atoms with E-state index in [-0.39, 0.29) is 0 Å². The molecule has 10 heavy (non-hydrogen) atoms. The van der Waals surface area contributed by atoms with Gasteiger partial charge in [0, 0.05) is 12.5 Å². The van der Waals surface area contributed by atoms with Gasteiger partial charge in [0.05, 0.1) is 5.71 Å². The fourth-order valence-electron chi connectivity index (χ4n) is 1.93. The Morgan fingerprint density at radius 3 is 2.40 bits per heavy atom. The van der Waals surface area contributed by atoms with E-state index in [2.05, 4.69) is 10.0 Å². The third kappa shape index (κ3) is 0.814. The summed E-state index contributed by atoms with van der Waals surface area (Å²) in [4.78, 5) is 2.42. The highest BCUT2D eigenvalue weighted by atomic mass is 15.2. The molecule has 3 saturated heterocycles. The maximum absolute atomic E-state index is 5.25. The zero-order valence-electron chi connectivity index (χ0n) is 6.08. The van der Waals surface area contributed by atoms with E-state index in [9.17, 15) is 0 Å². The van der Waals surface area contributed by atoms with Crippen LogP contribution >= 0.6 is 0 Å². The van der Waals surface area contributed by atoms with Crippen LogP contribution in [0.15, 0.2) is 5.10 Å². The third-order valence-electron chi connectivity index (χ3n) is 2.61. The molecule has 3 nitrogen and oxygen atoms in total. The predicted molar refractivity (Wildman–Crippen MR) is 40.8 cm³/mol. The number of nitrogens with zero attached hydrogens (tertiary/aromatic N) is 2. The van der Waals surface area contributed by atoms with Gasteiger partial charge < -0.3 is 5.84 Å². The van der Waals surface area contributed by atoms with Crippen molar-refractivity contribution in [1.29, 1.82) is 0 Å². The van der Waals surface area contributed by atoms with Crippen molar-refractivity contribution in [2.75, 3.05) is 19.6 Å². The van der Waals surface area contributed by atoms with Gasteiger partial charge in [-0.3, -0.25) is 4.90 Å². The lowest BCUT2D eigenvalue weighted by molar-refractivity contribution is 0.200. The molecule has 3 heteroatoms. The van der Waals surface area contributed by atoms with Gasteiger partial charge in [-0.25, -0.2) is 0 Å². The van der Waals surface area contributed by atoms with E-state index in [1.54, 1.807) is 0 Å². The molecule has 2 N–H and O–H groups in total. The first-order valence-electron chi connectivity index (χ1n) is 3.89. The Labute approximate surface area is 60.9 Å². The lowest BCUT2D eigenvalue weighted by atomic mass is 9.87. The van der Waals surface area contributed by atoms with Crippen LogP contribution in [0.1, 0.15) is 12.8 Å².